The van der Waals surface area contributed by atoms with Crippen molar-refractivity contribution in [2.45, 2.75) is 13.0 Å². The zero-order chi connectivity index (χ0) is 11.8. The van der Waals surface area contributed by atoms with Crippen molar-refractivity contribution in [3.63, 3.8) is 0 Å². The second-order valence-electron chi connectivity index (χ2n) is 4.36. The van der Waals surface area contributed by atoms with Gasteiger partial charge in [0.25, 0.3) is 0 Å². The Labute approximate surface area is 109 Å². The summed E-state index contributed by atoms with van der Waals surface area (Å²) >= 11 is 7.72. The van der Waals surface area contributed by atoms with E-state index in [1.165, 1.54) is 4.70 Å². The van der Waals surface area contributed by atoms with Crippen molar-refractivity contribution in [1.82, 2.24) is 10.3 Å². The summed E-state index contributed by atoms with van der Waals surface area (Å²) in [4.78, 5) is 7.06. The number of nitrogens with zero attached hydrogens (tertiary/aromatic N) is 2. The first-order valence-corrected chi connectivity index (χ1v) is 6.97. The fraction of sp³-hybridized carbons (Fsp3) is 0.417. The lowest BCUT2D eigenvalue weighted by Gasteiger charge is -2.33. The quantitative estimate of drug-likeness (QED) is 0.861. The summed E-state index contributed by atoms with van der Waals surface area (Å²) in [5.41, 5.74) is 1.04. The summed E-state index contributed by atoms with van der Waals surface area (Å²) in [5.74, 6) is 0. The van der Waals surface area contributed by atoms with Gasteiger partial charge in [-0.2, -0.15) is 0 Å². The predicted molar refractivity (Wildman–Crippen MR) is 74.3 cm³/mol. The average Bonchev–Trinajstić information content (AvgIpc) is 2.72. The number of benzene rings is 1. The van der Waals surface area contributed by atoms with Crippen molar-refractivity contribution in [2.24, 2.45) is 0 Å². The monoisotopic (exact) mass is 267 g/mol. The van der Waals surface area contributed by atoms with Crippen molar-refractivity contribution in [2.75, 3.05) is 24.5 Å². The Morgan fingerprint density at radius 1 is 1.53 bits per heavy atom. The summed E-state index contributed by atoms with van der Waals surface area (Å²) in [6, 6.07) is 6.38. The van der Waals surface area contributed by atoms with Crippen LogP contribution in [0.3, 0.4) is 0 Å². The van der Waals surface area contributed by atoms with E-state index in [0.717, 1.165) is 35.3 Å². The van der Waals surface area contributed by atoms with Crippen LogP contribution in [0.2, 0.25) is 5.02 Å². The minimum Gasteiger partial charge on any atom is -0.343 e. The van der Waals surface area contributed by atoms with E-state index in [2.05, 4.69) is 22.1 Å². The lowest BCUT2D eigenvalue weighted by molar-refractivity contribution is 0.500. The molecule has 1 N–H and O–H groups in total. The van der Waals surface area contributed by atoms with Gasteiger partial charge < -0.3 is 10.2 Å². The first-order chi connectivity index (χ1) is 8.24. The molecule has 0 amide bonds. The smallest absolute Gasteiger partial charge is 0.186 e. The standard InChI is InChI=1S/C12H14ClN3S/c1-8-7-14-4-5-16(8)12-15-10-3-2-9(13)6-11(10)17-12/h2-3,6,8,14H,4-5,7H2,1H3/t8-/m1/s1. The van der Waals surface area contributed by atoms with Crippen LogP contribution < -0.4 is 10.2 Å². The van der Waals surface area contributed by atoms with Gasteiger partial charge in [0.15, 0.2) is 5.13 Å². The van der Waals surface area contributed by atoms with Crippen LogP contribution in [0.25, 0.3) is 10.2 Å². The predicted octanol–water partition coefficient (Wildman–Crippen LogP) is 2.75. The molecule has 1 saturated heterocycles. The van der Waals surface area contributed by atoms with Crippen LogP contribution in [0.5, 0.6) is 0 Å². The number of hydrogen-bond acceptors (Lipinski definition) is 4. The Kier molecular flexibility index (Phi) is 2.94. The molecule has 3 nitrogen and oxygen atoms in total. The molecule has 0 unspecified atom stereocenters. The second kappa shape index (κ2) is 4.44. The Morgan fingerprint density at radius 3 is 3.24 bits per heavy atom. The second-order valence-corrected chi connectivity index (χ2v) is 5.80. The third-order valence-electron chi connectivity index (χ3n) is 3.09. The van der Waals surface area contributed by atoms with E-state index in [0.29, 0.717) is 6.04 Å². The topological polar surface area (TPSA) is 28.2 Å². The zero-order valence-corrected chi connectivity index (χ0v) is 11.2. The molecule has 0 aliphatic carbocycles. The van der Waals surface area contributed by atoms with E-state index in [4.69, 9.17) is 11.6 Å². The highest BCUT2D eigenvalue weighted by Gasteiger charge is 2.21. The van der Waals surface area contributed by atoms with E-state index in [1.54, 1.807) is 11.3 Å². The van der Waals surface area contributed by atoms with Gasteiger partial charge in [0.05, 0.1) is 10.2 Å². The molecule has 0 saturated carbocycles. The first-order valence-electron chi connectivity index (χ1n) is 5.77. The molecule has 90 valence electrons. The van der Waals surface area contributed by atoms with Gasteiger partial charge in [-0.1, -0.05) is 22.9 Å². The SMILES string of the molecule is C[C@@H]1CNCCN1c1nc2ccc(Cl)cc2s1. The molecular weight excluding hydrogens is 254 g/mol. The lowest BCUT2D eigenvalue weighted by Crippen LogP contribution is -2.49. The summed E-state index contributed by atoms with van der Waals surface area (Å²) in [6.45, 7) is 5.30. The van der Waals surface area contributed by atoms with Crippen LogP contribution in [0.4, 0.5) is 5.13 Å². The highest BCUT2D eigenvalue weighted by Crippen LogP contribution is 2.31. The molecular formula is C12H14ClN3S. The van der Waals surface area contributed by atoms with Gasteiger partial charge in [-0.05, 0) is 25.1 Å². The van der Waals surface area contributed by atoms with E-state index < -0.39 is 0 Å². The number of aromatic nitrogens is 1. The molecule has 1 aromatic heterocycles. The van der Waals surface area contributed by atoms with Crippen LogP contribution in [-0.4, -0.2) is 30.7 Å². The van der Waals surface area contributed by atoms with Crippen molar-refractivity contribution >= 4 is 38.3 Å². The normalized spacial score (nSPS) is 21.1. The number of thiazole rings is 1. The Balaban J connectivity index is 1.99. The number of halogens is 1. The van der Waals surface area contributed by atoms with Gasteiger partial charge in [-0.3, -0.25) is 0 Å². The largest absolute Gasteiger partial charge is 0.343 e. The minimum absolute atomic E-state index is 0.500. The van der Waals surface area contributed by atoms with Gasteiger partial charge >= 0.3 is 0 Å². The van der Waals surface area contributed by atoms with E-state index >= 15 is 0 Å². The van der Waals surface area contributed by atoms with Gasteiger partial charge in [0, 0.05) is 30.7 Å². The molecule has 17 heavy (non-hydrogen) atoms. The van der Waals surface area contributed by atoms with Gasteiger partial charge in [-0.15, -0.1) is 0 Å². The molecule has 1 fully saturated rings. The molecule has 1 aromatic carbocycles. The Hall–Kier alpha value is -0.840. The molecule has 1 aliphatic rings. The minimum atomic E-state index is 0.500. The summed E-state index contributed by atoms with van der Waals surface area (Å²) < 4.78 is 1.17. The molecule has 0 bridgehead atoms. The fourth-order valence-corrected chi connectivity index (χ4v) is 3.50. The highest BCUT2D eigenvalue weighted by atomic mass is 35.5. The molecule has 2 aromatic rings. The number of fused-ring (bicyclic) bond motifs is 1. The van der Waals surface area contributed by atoms with E-state index in [9.17, 15) is 0 Å². The number of hydrogen-bond donors (Lipinski definition) is 1. The van der Waals surface area contributed by atoms with E-state index in [-0.39, 0.29) is 0 Å². The number of anilines is 1. The molecule has 0 radical (unpaired) electrons. The number of nitrogens with one attached hydrogen (secondary N) is 1. The van der Waals surface area contributed by atoms with Gasteiger partial charge in [0.2, 0.25) is 0 Å². The molecule has 1 atom stereocenters. The molecule has 1 aliphatic heterocycles. The van der Waals surface area contributed by atoms with Crippen LogP contribution in [0.1, 0.15) is 6.92 Å². The maximum Gasteiger partial charge on any atom is 0.186 e. The summed E-state index contributed by atoms with van der Waals surface area (Å²) in [6.07, 6.45) is 0. The van der Waals surface area contributed by atoms with Crippen LogP contribution in [0, 0.1) is 0 Å². The maximum absolute atomic E-state index is 6.00. The van der Waals surface area contributed by atoms with Crippen molar-refractivity contribution in [3.05, 3.63) is 23.2 Å². The van der Waals surface area contributed by atoms with E-state index in [1.807, 2.05) is 18.2 Å². The van der Waals surface area contributed by atoms with Crippen molar-refractivity contribution < 1.29 is 0 Å². The van der Waals surface area contributed by atoms with Crippen LogP contribution in [0.15, 0.2) is 18.2 Å². The third kappa shape index (κ3) is 2.12. The van der Waals surface area contributed by atoms with Crippen LogP contribution in [-0.2, 0) is 0 Å². The number of piperazine rings is 1. The Bertz CT molecular complexity index is 540. The maximum atomic E-state index is 6.00. The van der Waals surface area contributed by atoms with Gasteiger partial charge in [0.1, 0.15) is 0 Å². The molecule has 2 heterocycles. The Morgan fingerprint density at radius 2 is 2.41 bits per heavy atom. The molecule has 5 heteroatoms. The van der Waals surface area contributed by atoms with Crippen molar-refractivity contribution in [3.8, 4) is 0 Å². The fourth-order valence-electron chi connectivity index (χ4n) is 2.13. The summed E-state index contributed by atoms with van der Waals surface area (Å²) in [7, 11) is 0. The van der Waals surface area contributed by atoms with Gasteiger partial charge in [-0.25, -0.2) is 4.98 Å². The average molecular weight is 268 g/mol. The lowest BCUT2D eigenvalue weighted by atomic mass is 10.2. The highest BCUT2D eigenvalue weighted by molar-refractivity contribution is 7.22. The van der Waals surface area contributed by atoms with Crippen LogP contribution >= 0.6 is 22.9 Å². The van der Waals surface area contributed by atoms with Crippen molar-refractivity contribution in [1.29, 1.82) is 0 Å². The zero-order valence-electron chi connectivity index (χ0n) is 9.61. The first kappa shape index (κ1) is 11.3. The third-order valence-corrected chi connectivity index (χ3v) is 4.38. The summed E-state index contributed by atoms with van der Waals surface area (Å²) in [5, 5.41) is 5.28. The molecule has 0 spiro atoms. The molecule has 3 rings (SSSR count). The number of rotatable bonds is 1.